The van der Waals surface area contributed by atoms with Crippen molar-refractivity contribution in [1.82, 2.24) is 14.9 Å². The van der Waals surface area contributed by atoms with Crippen LogP contribution in [0.5, 0.6) is 0 Å². The standard InChI is InChI=1S/C21H20N4O4/c1-11(25-18(28)12-6-4-5-7-13(12)19(25)29)17(27)24-20-22-10-14-15(23-20)8-21(2,3)9-16(14)26/h4-7,10-11H,8-9H2,1-3H3,(H,22,23,24,27)/t11-/m0/s1. The Labute approximate surface area is 167 Å². The number of hydrogen-bond donors (Lipinski definition) is 1. The Bertz CT molecular complexity index is 1040. The molecule has 0 bridgehead atoms. The first-order valence-corrected chi connectivity index (χ1v) is 9.35. The number of hydrogen-bond acceptors (Lipinski definition) is 6. The summed E-state index contributed by atoms with van der Waals surface area (Å²) in [7, 11) is 0. The monoisotopic (exact) mass is 392 g/mol. The molecule has 1 atom stereocenters. The minimum absolute atomic E-state index is 0.0199. The molecule has 2 heterocycles. The van der Waals surface area contributed by atoms with Gasteiger partial charge in [-0.1, -0.05) is 26.0 Å². The number of amides is 3. The molecule has 0 fully saturated rings. The number of carbonyl (C=O) groups excluding carboxylic acids is 4. The van der Waals surface area contributed by atoms with Crippen LogP contribution in [0.2, 0.25) is 0 Å². The van der Waals surface area contributed by atoms with Crippen LogP contribution >= 0.6 is 0 Å². The maximum atomic E-state index is 12.7. The number of carbonyl (C=O) groups is 4. The second kappa shape index (κ2) is 6.58. The highest BCUT2D eigenvalue weighted by Crippen LogP contribution is 2.33. The predicted octanol–water partition coefficient (Wildman–Crippen LogP) is 2.25. The van der Waals surface area contributed by atoms with E-state index in [4.69, 9.17) is 0 Å². The van der Waals surface area contributed by atoms with Crippen molar-refractivity contribution in [3.8, 4) is 0 Å². The molecule has 8 nitrogen and oxygen atoms in total. The van der Waals surface area contributed by atoms with Crippen LogP contribution in [-0.2, 0) is 11.2 Å². The third-order valence-electron chi connectivity index (χ3n) is 5.28. The molecule has 0 unspecified atom stereocenters. The summed E-state index contributed by atoms with van der Waals surface area (Å²) in [5.74, 6) is -1.57. The minimum atomic E-state index is -1.04. The van der Waals surface area contributed by atoms with Gasteiger partial charge in [0.1, 0.15) is 6.04 Å². The van der Waals surface area contributed by atoms with Gasteiger partial charge in [-0.15, -0.1) is 0 Å². The van der Waals surface area contributed by atoms with Crippen LogP contribution in [0, 0.1) is 5.41 Å². The molecule has 8 heteroatoms. The predicted molar refractivity (Wildman–Crippen MR) is 103 cm³/mol. The third-order valence-corrected chi connectivity index (χ3v) is 5.28. The van der Waals surface area contributed by atoms with E-state index >= 15 is 0 Å². The quantitative estimate of drug-likeness (QED) is 0.803. The topological polar surface area (TPSA) is 109 Å². The van der Waals surface area contributed by atoms with Gasteiger partial charge in [0, 0.05) is 12.6 Å². The van der Waals surface area contributed by atoms with Crippen LogP contribution in [-0.4, -0.2) is 44.4 Å². The van der Waals surface area contributed by atoms with Gasteiger partial charge in [-0.25, -0.2) is 9.97 Å². The van der Waals surface area contributed by atoms with Crippen LogP contribution in [0.4, 0.5) is 5.95 Å². The molecule has 1 aliphatic carbocycles. The van der Waals surface area contributed by atoms with Gasteiger partial charge in [0.15, 0.2) is 5.78 Å². The van der Waals surface area contributed by atoms with Gasteiger partial charge in [-0.2, -0.15) is 0 Å². The van der Waals surface area contributed by atoms with E-state index in [1.807, 2.05) is 13.8 Å². The lowest BCUT2D eigenvalue weighted by molar-refractivity contribution is -0.119. The lowest BCUT2D eigenvalue weighted by Crippen LogP contribution is -2.45. The second-order valence-electron chi connectivity index (χ2n) is 8.19. The van der Waals surface area contributed by atoms with E-state index in [1.165, 1.54) is 13.1 Å². The summed E-state index contributed by atoms with van der Waals surface area (Å²) in [6.07, 6.45) is 2.43. The highest BCUT2D eigenvalue weighted by molar-refractivity contribution is 6.23. The molecule has 29 heavy (non-hydrogen) atoms. The van der Waals surface area contributed by atoms with E-state index in [9.17, 15) is 19.2 Å². The van der Waals surface area contributed by atoms with Crippen LogP contribution in [0.25, 0.3) is 0 Å². The lowest BCUT2D eigenvalue weighted by atomic mass is 9.76. The molecule has 148 valence electrons. The summed E-state index contributed by atoms with van der Waals surface area (Å²) in [6, 6.07) is 5.42. The summed E-state index contributed by atoms with van der Waals surface area (Å²) >= 11 is 0. The number of rotatable bonds is 3. The molecule has 0 saturated carbocycles. The van der Waals surface area contributed by atoms with Crippen molar-refractivity contribution in [3.05, 3.63) is 52.8 Å². The van der Waals surface area contributed by atoms with Crippen molar-refractivity contribution >= 4 is 29.5 Å². The zero-order valence-corrected chi connectivity index (χ0v) is 16.4. The van der Waals surface area contributed by atoms with Gasteiger partial charge < -0.3 is 0 Å². The summed E-state index contributed by atoms with van der Waals surface area (Å²) in [5, 5.41) is 2.56. The SMILES string of the molecule is C[C@@H](C(=O)Nc1ncc2c(n1)CC(C)(C)CC2=O)N1C(=O)c2ccccc2C1=O. The molecule has 3 amide bonds. The Morgan fingerprint density at radius 3 is 2.31 bits per heavy atom. The number of imide groups is 1. The zero-order chi connectivity index (χ0) is 20.9. The number of fused-ring (bicyclic) bond motifs is 2. The average Bonchev–Trinajstić information content (AvgIpc) is 2.91. The van der Waals surface area contributed by atoms with E-state index < -0.39 is 23.8 Å². The Kier molecular flexibility index (Phi) is 4.29. The zero-order valence-electron chi connectivity index (χ0n) is 16.4. The number of nitrogens with one attached hydrogen (secondary N) is 1. The van der Waals surface area contributed by atoms with Crippen molar-refractivity contribution in [1.29, 1.82) is 0 Å². The molecule has 2 aliphatic rings. The van der Waals surface area contributed by atoms with E-state index in [1.54, 1.807) is 24.3 Å². The molecule has 1 aliphatic heterocycles. The molecule has 1 aromatic carbocycles. The second-order valence-corrected chi connectivity index (χ2v) is 8.19. The molecule has 2 aromatic rings. The number of aromatic nitrogens is 2. The average molecular weight is 392 g/mol. The summed E-state index contributed by atoms with van der Waals surface area (Å²) in [4.78, 5) is 59.4. The fourth-order valence-corrected chi connectivity index (χ4v) is 3.78. The first-order chi connectivity index (χ1) is 13.7. The molecule has 1 aromatic heterocycles. The van der Waals surface area contributed by atoms with Crippen LogP contribution in [0.15, 0.2) is 30.5 Å². The number of nitrogens with zero attached hydrogens (tertiary/aromatic N) is 3. The van der Waals surface area contributed by atoms with Crippen LogP contribution in [0.3, 0.4) is 0 Å². The normalized spacial score (nSPS) is 18.3. The van der Waals surface area contributed by atoms with Gasteiger partial charge in [0.2, 0.25) is 11.9 Å². The fourth-order valence-electron chi connectivity index (χ4n) is 3.78. The molecule has 0 spiro atoms. The van der Waals surface area contributed by atoms with E-state index in [2.05, 4.69) is 15.3 Å². The van der Waals surface area contributed by atoms with Crippen molar-refractivity contribution in [3.63, 3.8) is 0 Å². The Hall–Kier alpha value is -3.42. The van der Waals surface area contributed by atoms with Gasteiger partial charge in [-0.05, 0) is 30.9 Å². The highest BCUT2D eigenvalue weighted by atomic mass is 16.2. The van der Waals surface area contributed by atoms with Gasteiger partial charge in [0.05, 0.1) is 22.4 Å². The minimum Gasteiger partial charge on any atom is -0.294 e. The summed E-state index contributed by atoms with van der Waals surface area (Å²) in [6.45, 7) is 5.44. The molecule has 0 saturated heterocycles. The first-order valence-electron chi connectivity index (χ1n) is 9.35. The van der Waals surface area contributed by atoms with Gasteiger partial charge in [-0.3, -0.25) is 29.4 Å². The summed E-state index contributed by atoms with van der Waals surface area (Å²) in [5.41, 5.74) is 1.40. The van der Waals surface area contributed by atoms with E-state index in [0.717, 1.165) is 4.90 Å². The number of anilines is 1. The number of Topliss-reactive ketones (excluding diaryl/α,β-unsaturated/α-hetero) is 1. The molecule has 1 N–H and O–H groups in total. The van der Waals surface area contributed by atoms with Crippen molar-refractivity contribution in [2.45, 2.75) is 39.7 Å². The molecular weight excluding hydrogens is 372 g/mol. The van der Waals surface area contributed by atoms with Crippen LogP contribution in [0.1, 0.15) is 64.0 Å². The van der Waals surface area contributed by atoms with E-state index in [0.29, 0.717) is 24.1 Å². The Morgan fingerprint density at radius 2 is 1.69 bits per heavy atom. The van der Waals surface area contributed by atoms with Crippen molar-refractivity contribution < 1.29 is 19.2 Å². The van der Waals surface area contributed by atoms with Crippen LogP contribution < -0.4 is 5.32 Å². The van der Waals surface area contributed by atoms with Gasteiger partial charge in [0.25, 0.3) is 11.8 Å². The maximum absolute atomic E-state index is 12.7. The van der Waals surface area contributed by atoms with Crippen molar-refractivity contribution in [2.24, 2.45) is 5.41 Å². The Balaban J connectivity index is 1.54. The summed E-state index contributed by atoms with van der Waals surface area (Å²) < 4.78 is 0. The maximum Gasteiger partial charge on any atom is 0.262 e. The number of ketones is 1. The molecular formula is C21H20N4O4. The van der Waals surface area contributed by atoms with Crippen molar-refractivity contribution in [2.75, 3.05) is 5.32 Å². The number of benzene rings is 1. The van der Waals surface area contributed by atoms with E-state index in [-0.39, 0.29) is 28.3 Å². The lowest BCUT2D eigenvalue weighted by Gasteiger charge is -2.29. The molecule has 4 rings (SSSR count). The largest absolute Gasteiger partial charge is 0.294 e. The fraction of sp³-hybridized carbons (Fsp3) is 0.333. The third kappa shape index (κ3) is 3.20. The van der Waals surface area contributed by atoms with Gasteiger partial charge >= 0.3 is 0 Å². The molecule has 0 radical (unpaired) electrons. The smallest absolute Gasteiger partial charge is 0.262 e. The highest BCUT2D eigenvalue weighted by Gasteiger charge is 2.41. The Morgan fingerprint density at radius 1 is 1.07 bits per heavy atom. The first kappa shape index (κ1) is 18.9.